The number of carbonyl (C=O) groups is 1. The van der Waals surface area contributed by atoms with Gasteiger partial charge in [-0.2, -0.15) is 0 Å². The number of amides is 1. The molecule has 1 N–H and O–H groups in total. The monoisotopic (exact) mass is 366 g/mol. The van der Waals surface area contributed by atoms with Gasteiger partial charge in [-0.1, -0.05) is 29.8 Å². The lowest BCUT2D eigenvalue weighted by Crippen LogP contribution is -2.12. The second-order valence-electron chi connectivity index (χ2n) is 6.40. The summed E-state index contributed by atoms with van der Waals surface area (Å²) in [6, 6.07) is 13.9. The number of aromatic nitrogens is 1. The van der Waals surface area contributed by atoms with Gasteiger partial charge in [0.2, 0.25) is 0 Å². The van der Waals surface area contributed by atoms with Crippen LogP contribution in [0.4, 0.5) is 5.69 Å². The molecule has 1 aromatic heterocycles. The normalized spacial score (nSPS) is 10.6. The Morgan fingerprint density at radius 2 is 1.85 bits per heavy atom. The van der Waals surface area contributed by atoms with Crippen molar-refractivity contribution >= 4 is 22.9 Å². The van der Waals surface area contributed by atoms with Crippen LogP contribution in [0.1, 0.15) is 37.1 Å². The second-order valence-corrected chi connectivity index (χ2v) is 7.48. The third-order valence-electron chi connectivity index (χ3n) is 4.03. The number of benzene rings is 2. The smallest absolute Gasteiger partial charge is 0.267 e. The number of carbonyl (C=O) groups excluding carboxylic acids is 1. The van der Waals surface area contributed by atoms with Gasteiger partial charge >= 0.3 is 0 Å². The average Bonchev–Trinajstić information content (AvgIpc) is 2.96. The van der Waals surface area contributed by atoms with E-state index >= 15 is 0 Å². The van der Waals surface area contributed by atoms with Crippen LogP contribution < -0.4 is 10.1 Å². The van der Waals surface area contributed by atoms with Crippen LogP contribution in [0.15, 0.2) is 42.5 Å². The molecule has 3 aromatic rings. The van der Waals surface area contributed by atoms with E-state index in [-0.39, 0.29) is 5.91 Å². The van der Waals surface area contributed by atoms with Gasteiger partial charge in [0.25, 0.3) is 5.91 Å². The number of thiazole rings is 1. The van der Waals surface area contributed by atoms with Crippen LogP contribution in [-0.4, -0.2) is 10.9 Å². The Kier molecular flexibility index (Phi) is 5.38. The molecule has 0 fully saturated rings. The SMILES string of the molecule is Cc1cccc(OCc2nc(C)c(C(=O)Nc3ccc(C)cc3C)s2)c1. The van der Waals surface area contributed by atoms with Crippen molar-refractivity contribution in [2.45, 2.75) is 34.3 Å². The molecular weight excluding hydrogens is 344 g/mol. The third-order valence-corrected chi connectivity index (χ3v) is 5.16. The third kappa shape index (κ3) is 4.29. The molecule has 4 nitrogen and oxygen atoms in total. The van der Waals surface area contributed by atoms with E-state index in [1.165, 1.54) is 16.9 Å². The Balaban J connectivity index is 1.70. The molecule has 0 radical (unpaired) electrons. The number of aryl methyl sites for hydroxylation is 4. The highest BCUT2D eigenvalue weighted by Crippen LogP contribution is 2.23. The molecule has 0 unspecified atom stereocenters. The number of anilines is 1. The van der Waals surface area contributed by atoms with E-state index in [2.05, 4.69) is 16.4 Å². The van der Waals surface area contributed by atoms with Crippen LogP contribution in [0, 0.1) is 27.7 Å². The van der Waals surface area contributed by atoms with Gasteiger partial charge in [0, 0.05) is 5.69 Å². The van der Waals surface area contributed by atoms with Gasteiger partial charge in [-0.3, -0.25) is 4.79 Å². The van der Waals surface area contributed by atoms with Crippen LogP contribution in [0.3, 0.4) is 0 Å². The number of ether oxygens (including phenoxy) is 1. The van der Waals surface area contributed by atoms with E-state index in [4.69, 9.17) is 4.74 Å². The molecule has 1 heterocycles. The van der Waals surface area contributed by atoms with Gasteiger partial charge in [0.15, 0.2) is 0 Å². The molecule has 0 bridgehead atoms. The average molecular weight is 366 g/mol. The van der Waals surface area contributed by atoms with E-state index in [0.29, 0.717) is 11.5 Å². The molecule has 0 aliphatic heterocycles. The number of nitrogens with one attached hydrogen (secondary N) is 1. The zero-order valence-corrected chi connectivity index (χ0v) is 16.2. The maximum atomic E-state index is 12.6. The zero-order chi connectivity index (χ0) is 18.7. The summed E-state index contributed by atoms with van der Waals surface area (Å²) in [7, 11) is 0. The Hall–Kier alpha value is -2.66. The van der Waals surface area contributed by atoms with Crippen molar-refractivity contribution in [1.29, 1.82) is 0 Å². The minimum atomic E-state index is -0.131. The van der Waals surface area contributed by atoms with E-state index in [1.54, 1.807) is 0 Å². The lowest BCUT2D eigenvalue weighted by molar-refractivity contribution is 0.102. The Morgan fingerprint density at radius 3 is 2.58 bits per heavy atom. The van der Waals surface area contributed by atoms with Crippen LogP contribution in [0.2, 0.25) is 0 Å². The Morgan fingerprint density at radius 1 is 1.08 bits per heavy atom. The van der Waals surface area contributed by atoms with Crippen molar-refractivity contribution in [3.63, 3.8) is 0 Å². The largest absolute Gasteiger partial charge is 0.486 e. The van der Waals surface area contributed by atoms with Crippen LogP contribution in [-0.2, 0) is 6.61 Å². The first-order chi connectivity index (χ1) is 12.4. The molecule has 0 aliphatic carbocycles. The molecule has 0 spiro atoms. The van der Waals surface area contributed by atoms with E-state index < -0.39 is 0 Å². The predicted molar refractivity (Wildman–Crippen MR) is 106 cm³/mol. The fraction of sp³-hybridized carbons (Fsp3) is 0.238. The lowest BCUT2D eigenvalue weighted by Gasteiger charge is -2.08. The molecule has 5 heteroatoms. The second kappa shape index (κ2) is 7.70. The maximum absolute atomic E-state index is 12.6. The molecule has 3 rings (SSSR count). The van der Waals surface area contributed by atoms with Crippen molar-refractivity contribution in [1.82, 2.24) is 4.98 Å². The summed E-state index contributed by atoms with van der Waals surface area (Å²) in [6.45, 7) is 8.25. The van der Waals surface area contributed by atoms with E-state index in [9.17, 15) is 4.79 Å². The van der Waals surface area contributed by atoms with Gasteiger partial charge in [0.05, 0.1) is 5.69 Å². The Labute approximate surface area is 157 Å². The van der Waals surface area contributed by atoms with Gasteiger partial charge in [-0.05, 0) is 57.0 Å². The minimum Gasteiger partial charge on any atom is -0.486 e. The van der Waals surface area contributed by atoms with E-state index in [1.807, 2.05) is 64.1 Å². The summed E-state index contributed by atoms with van der Waals surface area (Å²) in [5.41, 5.74) is 4.91. The van der Waals surface area contributed by atoms with Crippen LogP contribution in [0.25, 0.3) is 0 Å². The first-order valence-electron chi connectivity index (χ1n) is 8.47. The van der Waals surface area contributed by atoms with Crippen LogP contribution in [0.5, 0.6) is 5.75 Å². The van der Waals surface area contributed by atoms with Crippen LogP contribution >= 0.6 is 11.3 Å². The minimum absolute atomic E-state index is 0.131. The summed E-state index contributed by atoms with van der Waals surface area (Å²) >= 11 is 1.37. The van der Waals surface area contributed by atoms with Gasteiger partial charge in [0.1, 0.15) is 22.2 Å². The highest BCUT2D eigenvalue weighted by molar-refractivity contribution is 7.13. The number of nitrogens with zero attached hydrogens (tertiary/aromatic N) is 1. The summed E-state index contributed by atoms with van der Waals surface area (Å²) in [5, 5.41) is 3.77. The van der Waals surface area contributed by atoms with Crippen molar-refractivity contribution < 1.29 is 9.53 Å². The highest BCUT2D eigenvalue weighted by atomic mass is 32.1. The number of hydrogen-bond acceptors (Lipinski definition) is 4. The molecule has 134 valence electrons. The first kappa shape index (κ1) is 18.1. The predicted octanol–water partition coefficient (Wildman–Crippen LogP) is 5.21. The summed E-state index contributed by atoms with van der Waals surface area (Å²) in [4.78, 5) is 17.7. The molecule has 0 saturated carbocycles. The summed E-state index contributed by atoms with van der Waals surface area (Å²) in [6.07, 6.45) is 0. The molecule has 0 atom stereocenters. The molecule has 1 amide bonds. The van der Waals surface area contributed by atoms with Crippen molar-refractivity contribution in [2.75, 3.05) is 5.32 Å². The summed E-state index contributed by atoms with van der Waals surface area (Å²) < 4.78 is 5.79. The first-order valence-corrected chi connectivity index (χ1v) is 9.28. The summed E-state index contributed by atoms with van der Waals surface area (Å²) in [5.74, 6) is 0.674. The lowest BCUT2D eigenvalue weighted by atomic mass is 10.1. The number of rotatable bonds is 5. The zero-order valence-electron chi connectivity index (χ0n) is 15.4. The van der Waals surface area contributed by atoms with Crippen molar-refractivity contribution in [2.24, 2.45) is 0 Å². The standard InChI is InChI=1S/C21H22N2O2S/c1-13-6-5-7-17(11-13)25-12-19-22-16(4)20(26-19)21(24)23-18-9-8-14(2)10-15(18)3/h5-11H,12H2,1-4H3,(H,23,24). The van der Waals surface area contributed by atoms with Crippen molar-refractivity contribution in [3.8, 4) is 5.75 Å². The van der Waals surface area contributed by atoms with Crippen molar-refractivity contribution in [3.05, 3.63) is 74.7 Å². The molecule has 26 heavy (non-hydrogen) atoms. The maximum Gasteiger partial charge on any atom is 0.267 e. The molecular formula is C21H22N2O2S. The van der Waals surface area contributed by atoms with Gasteiger partial charge in [-0.15, -0.1) is 11.3 Å². The fourth-order valence-corrected chi connectivity index (χ4v) is 3.58. The van der Waals surface area contributed by atoms with Gasteiger partial charge < -0.3 is 10.1 Å². The molecule has 0 saturated heterocycles. The molecule has 0 aliphatic rings. The van der Waals surface area contributed by atoms with E-state index in [0.717, 1.165) is 33.3 Å². The fourth-order valence-electron chi connectivity index (χ4n) is 2.71. The molecule has 2 aromatic carbocycles. The quantitative estimate of drug-likeness (QED) is 0.674. The topological polar surface area (TPSA) is 51.2 Å². The van der Waals surface area contributed by atoms with Gasteiger partial charge in [-0.25, -0.2) is 4.98 Å². The number of hydrogen-bond donors (Lipinski definition) is 1. The Bertz CT molecular complexity index is 947. The highest BCUT2D eigenvalue weighted by Gasteiger charge is 2.16.